The molecule has 0 bridgehead atoms. The van der Waals surface area contributed by atoms with Crippen molar-refractivity contribution in [3.63, 3.8) is 0 Å². The molecule has 0 radical (unpaired) electrons. The van der Waals surface area contributed by atoms with Crippen LogP contribution in [0.25, 0.3) is 0 Å². The number of hydrogen-bond acceptors (Lipinski definition) is 3. The molecule has 0 rings (SSSR count). The van der Waals surface area contributed by atoms with Gasteiger partial charge in [0.05, 0.1) is 0 Å². The Morgan fingerprint density at radius 3 is 0.692 bits per heavy atom. The van der Waals surface area contributed by atoms with Crippen LogP contribution in [0.5, 0.6) is 0 Å². The van der Waals surface area contributed by atoms with Crippen LogP contribution in [-0.4, -0.2) is 33.2 Å². The molecule has 0 spiro atoms. The Balaban J connectivity index is -0.0000000450. The maximum atomic E-state index is 9.00. The highest BCUT2D eigenvalue weighted by molar-refractivity contribution is 5.63. The van der Waals surface area contributed by atoms with Gasteiger partial charge in [-0.15, -0.1) is 0 Å². The first-order valence-electron chi connectivity index (χ1n) is 2.78. The summed E-state index contributed by atoms with van der Waals surface area (Å²) in [6.07, 6.45) is 0. The molecule has 3 N–H and O–H groups in total. The standard InChI is InChI=1S/3C2H4O2.CH4/c3*1-2(3)4;/h3*1H3,(H,3,4);1H4. The highest BCUT2D eigenvalue weighted by Gasteiger charge is 1.66. The predicted octanol–water partition coefficient (Wildman–Crippen LogP) is 0.909. The van der Waals surface area contributed by atoms with Crippen molar-refractivity contribution in [2.75, 3.05) is 0 Å². The smallest absolute Gasteiger partial charge is 0.300 e. The van der Waals surface area contributed by atoms with E-state index in [-0.39, 0.29) is 7.43 Å². The van der Waals surface area contributed by atoms with E-state index in [1.54, 1.807) is 0 Å². The number of carboxylic acid groups (broad SMARTS) is 3. The maximum Gasteiger partial charge on any atom is 0.300 e. The topological polar surface area (TPSA) is 112 Å². The molecule has 6 heteroatoms. The van der Waals surface area contributed by atoms with E-state index in [1.807, 2.05) is 0 Å². The molecule has 0 aromatic carbocycles. The van der Waals surface area contributed by atoms with Gasteiger partial charge in [0.2, 0.25) is 0 Å². The van der Waals surface area contributed by atoms with Crippen LogP contribution in [0.4, 0.5) is 0 Å². The number of carbonyl (C=O) groups is 3. The van der Waals surface area contributed by atoms with Crippen LogP contribution in [0, 0.1) is 0 Å². The van der Waals surface area contributed by atoms with Gasteiger partial charge in [0, 0.05) is 20.8 Å². The van der Waals surface area contributed by atoms with Crippen molar-refractivity contribution < 1.29 is 29.7 Å². The fourth-order valence-electron chi connectivity index (χ4n) is 0. The number of carboxylic acids is 3. The van der Waals surface area contributed by atoms with E-state index in [0.29, 0.717) is 0 Å². The second-order valence-electron chi connectivity index (χ2n) is 1.56. The summed E-state index contributed by atoms with van der Waals surface area (Å²) in [6, 6.07) is 0. The van der Waals surface area contributed by atoms with Gasteiger partial charge in [-0.1, -0.05) is 7.43 Å². The lowest BCUT2D eigenvalue weighted by atomic mass is 10.9. The van der Waals surface area contributed by atoms with E-state index in [1.165, 1.54) is 0 Å². The van der Waals surface area contributed by atoms with Gasteiger partial charge >= 0.3 is 0 Å². The van der Waals surface area contributed by atoms with E-state index in [2.05, 4.69) is 0 Å². The van der Waals surface area contributed by atoms with Crippen LogP contribution in [0.2, 0.25) is 0 Å². The summed E-state index contributed by atoms with van der Waals surface area (Å²) in [7, 11) is 0. The van der Waals surface area contributed by atoms with Crippen molar-refractivity contribution in [2.45, 2.75) is 28.2 Å². The Morgan fingerprint density at radius 2 is 0.692 bits per heavy atom. The summed E-state index contributed by atoms with van der Waals surface area (Å²) in [6.45, 7) is 3.25. The lowest BCUT2D eigenvalue weighted by Crippen LogP contribution is -1.78. The van der Waals surface area contributed by atoms with Crippen LogP contribution in [-0.2, 0) is 14.4 Å². The fraction of sp³-hybridized carbons (Fsp3) is 0.571. The average Bonchev–Trinajstić information content (AvgIpc) is 1.54. The van der Waals surface area contributed by atoms with Gasteiger partial charge < -0.3 is 15.3 Å². The SMILES string of the molecule is C.CC(=O)O.CC(=O)O.CC(=O)O. The fourth-order valence-corrected chi connectivity index (χ4v) is 0. The summed E-state index contributed by atoms with van der Waals surface area (Å²) < 4.78 is 0. The van der Waals surface area contributed by atoms with Crippen molar-refractivity contribution in [3.8, 4) is 0 Å². The molecule has 0 aliphatic heterocycles. The van der Waals surface area contributed by atoms with E-state index in [9.17, 15) is 0 Å². The molecule has 0 fully saturated rings. The van der Waals surface area contributed by atoms with Crippen molar-refractivity contribution in [1.82, 2.24) is 0 Å². The van der Waals surface area contributed by atoms with E-state index < -0.39 is 17.9 Å². The Morgan fingerprint density at radius 1 is 0.692 bits per heavy atom. The molecular formula is C7H16O6. The number of aliphatic carboxylic acids is 3. The third kappa shape index (κ3) is 291. The summed E-state index contributed by atoms with van der Waals surface area (Å²) in [5, 5.41) is 22.2. The molecule has 0 aromatic rings. The van der Waals surface area contributed by atoms with Crippen molar-refractivity contribution >= 4 is 17.9 Å². The van der Waals surface area contributed by atoms with Crippen molar-refractivity contribution in [3.05, 3.63) is 0 Å². The summed E-state index contributed by atoms with van der Waals surface area (Å²) in [4.78, 5) is 27.0. The maximum absolute atomic E-state index is 9.00. The third-order valence-electron chi connectivity index (χ3n) is 0. The van der Waals surface area contributed by atoms with Crippen LogP contribution < -0.4 is 0 Å². The van der Waals surface area contributed by atoms with Gasteiger partial charge in [-0.2, -0.15) is 0 Å². The van der Waals surface area contributed by atoms with Gasteiger partial charge in [-0.3, -0.25) is 14.4 Å². The minimum atomic E-state index is -0.833. The molecule has 0 aliphatic carbocycles. The van der Waals surface area contributed by atoms with Gasteiger partial charge in [0.25, 0.3) is 17.9 Å². The van der Waals surface area contributed by atoms with Gasteiger partial charge in [-0.05, 0) is 0 Å². The minimum absolute atomic E-state index is 0. The van der Waals surface area contributed by atoms with Crippen molar-refractivity contribution in [2.24, 2.45) is 0 Å². The highest BCUT2D eigenvalue weighted by Crippen LogP contribution is 1.42. The molecule has 0 saturated heterocycles. The monoisotopic (exact) mass is 196 g/mol. The Bertz CT molecular complexity index is 111. The first-order chi connectivity index (χ1) is 5.20. The average molecular weight is 196 g/mol. The molecule has 0 heterocycles. The third-order valence-corrected chi connectivity index (χ3v) is 0. The quantitative estimate of drug-likeness (QED) is 0.530. The second kappa shape index (κ2) is 16.8. The number of hydrogen-bond donors (Lipinski definition) is 3. The van der Waals surface area contributed by atoms with Gasteiger partial charge in [0.15, 0.2) is 0 Å². The zero-order chi connectivity index (χ0) is 10.7. The summed E-state index contributed by atoms with van der Waals surface area (Å²) in [5.41, 5.74) is 0. The molecule has 6 nitrogen and oxygen atoms in total. The molecule has 0 unspecified atom stereocenters. The van der Waals surface area contributed by atoms with Gasteiger partial charge in [-0.25, -0.2) is 0 Å². The molecule has 80 valence electrons. The van der Waals surface area contributed by atoms with E-state index in [4.69, 9.17) is 29.7 Å². The summed E-state index contributed by atoms with van der Waals surface area (Å²) in [5.74, 6) is -2.50. The Hall–Kier alpha value is -1.59. The van der Waals surface area contributed by atoms with Crippen LogP contribution in [0.3, 0.4) is 0 Å². The van der Waals surface area contributed by atoms with Crippen LogP contribution >= 0.6 is 0 Å². The normalized spacial score (nSPS) is 5.77. The zero-order valence-electron chi connectivity index (χ0n) is 7.07. The van der Waals surface area contributed by atoms with E-state index in [0.717, 1.165) is 20.8 Å². The molecular weight excluding hydrogens is 180 g/mol. The first kappa shape index (κ1) is 22.5. The van der Waals surface area contributed by atoms with Crippen molar-refractivity contribution in [1.29, 1.82) is 0 Å². The molecule has 0 saturated carbocycles. The lowest BCUT2D eigenvalue weighted by Gasteiger charge is -1.59. The zero-order valence-corrected chi connectivity index (χ0v) is 7.07. The second-order valence-corrected chi connectivity index (χ2v) is 1.56. The Labute approximate surface area is 76.8 Å². The predicted molar refractivity (Wildman–Crippen MR) is 46.7 cm³/mol. The van der Waals surface area contributed by atoms with E-state index >= 15 is 0 Å². The largest absolute Gasteiger partial charge is 0.481 e. The lowest BCUT2D eigenvalue weighted by molar-refractivity contribution is -0.135. The van der Waals surface area contributed by atoms with Crippen LogP contribution in [0.1, 0.15) is 28.2 Å². The minimum Gasteiger partial charge on any atom is -0.481 e. The molecule has 0 atom stereocenters. The van der Waals surface area contributed by atoms with Gasteiger partial charge in [0.1, 0.15) is 0 Å². The number of rotatable bonds is 0. The van der Waals surface area contributed by atoms with Crippen LogP contribution in [0.15, 0.2) is 0 Å². The molecule has 0 aromatic heterocycles. The highest BCUT2D eigenvalue weighted by atomic mass is 16.4. The molecule has 0 amide bonds. The molecule has 0 aliphatic rings. The molecule has 13 heavy (non-hydrogen) atoms. The Kier molecular flexibility index (Phi) is 29.1. The first-order valence-corrected chi connectivity index (χ1v) is 2.78. The summed E-state index contributed by atoms with van der Waals surface area (Å²) >= 11 is 0.